The number of hydrogen-bond acceptors (Lipinski definition) is 6. The first-order chi connectivity index (χ1) is 10.6. The number of hydrogen-bond donors (Lipinski definition) is 2. The van der Waals surface area contributed by atoms with Gasteiger partial charge in [0.1, 0.15) is 10.7 Å². The molecule has 0 atom stereocenters. The normalized spacial score (nSPS) is 9.96. The maximum absolute atomic E-state index is 11.9. The van der Waals surface area contributed by atoms with Gasteiger partial charge in [0.05, 0.1) is 4.92 Å². The van der Waals surface area contributed by atoms with Gasteiger partial charge in [0.15, 0.2) is 0 Å². The van der Waals surface area contributed by atoms with Crippen LogP contribution in [0.4, 0.5) is 5.69 Å². The molecule has 2 N–H and O–H groups in total. The first kappa shape index (κ1) is 19.0. The zero-order chi connectivity index (χ0) is 15.9. The van der Waals surface area contributed by atoms with E-state index in [9.17, 15) is 14.9 Å². The Morgan fingerprint density at radius 2 is 2.00 bits per heavy atom. The van der Waals surface area contributed by atoms with Crippen molar-refractivity contribution in [1.29, 1.82) is 0 Å². The summed E-state index contributed by atoms with van der Waals surface area (Å²) in [6.45, 7) is 4.11. The van der Waals surface area contributed by atoms with Gasteiger partial charge in [-0.15, -0.1) is 23.7 Å². The number of rotatable bonds is 7. The SMILES string of the molecule is CCNCCNC(=O)c1csc(-c2ccc([N+](=O)[O-])cc2)n1.Cl. The minimum absolute atomic E-state index is 0. The van der Waals surface area contributed by atoms with E-state index in [2.05, 4.69) is 15.6 Å². The fourth-order valence-corrected chi connectivity index (χ4v) is 2.57. The van der Waals surface area contributed by atoms with Gasteiger partial charge in [0, 0.05) is 36.2 Å². The van der Waals surface area contributed by atoms with Gasteiger partial charge in [0.25, 0.3) is 11.6 Å². The van der Waals surface area contributed by atoms with Gasteiger partial charge in [-0.1, -0.05) is 6.92 Å². The second-order valence-electron chi connectivity index (χ2n) is 4.45. The molecule has 0 spiro atoms. The van der Waals surface area contributed by atoms with Crippen LogP contribution in [0.25, 0.3) is 10.6 Å². The van der Waals surface area contributed by atoms with Gasteiger partial charge in [-0.25, -0.2) is 4.98 Å². The van der Waals surface area contributed by atoms with E-state index < -0.39 is 4.92 Å². The van der Waals surface area contributed by atoms with E-state index in [1.54, 1.807) is 17.5 Å². The van der Waals surface area contributed by atoms with E-state index in [0.29, 0.717) is 23.8 Å². The number of nitro groups is 1. The molecule has 0 bridgehead atoms. The molecule has 124 valence electrons. The Kier molecular flexibility index (Phi) is 7.60. The highest BCUT2D eigenvalue weighted by molar-refractivity contribution is 7.13. The van der Waals surface area contributed by atoms with Crippen LogP contribution in [-0.4, -0.2) is 35.4 Å². The van der Waals surface area contributed by atoms with Crippen LogP contribution in [0, 0.1) is 10.1 Å². The number of amides is 1. The molecule has 2 aromatic rings. The zero-order valence-electron chi connectivity index (χ0n) is 12.4. The van der Waals surface area contributed by atoms with Gasteiger partial charge in [0.2, 0.25) is 0 Å². The highest BCUT2D eigenvalue weighted by Gasteiger charge is 2.12. The topological polar surface area (TPSA) is 97.2 Å². The van der Waals surface area contributed by atoms with Crippen molar-refractivity contribution >= 4 is 35.3 Å². The molecule has 0 aliphatic carbocycles. The Morgan fingerprint density at radius 1 is 1.30 bits per heavy atom. The van der Waals surface area contributed by atoms with E-state index in [4.69, 9.17) is 0 Å². The van der Waals surface area contributed by atoms with E-state index >= 15 is 0 Å². The van der Waals surface area contributed by atoms with Gasteiger partial charge < -0.3 is 10.6 Å². The van der Waals surface area contributed by atoms with Crippen molar-refractivity contribution in [1.82, 2.24) is 15.6 Å². The van der Waals surface area contributed by atoms with Gasteiger partial charge in [-0.2, -0.15) is 0 Å². The molecular weight excluding hydrogens is 340 g/mol. The monoisotopic (exact) mass is 356 g/mol. The molecule has 7 nitrogen and oxygen atoms in total. The molecule has 1 amide bonds. The lowest BCUT2D eigenvalue weighted by Crippen LogP contribution is -2.31. The molecule has 1 aromatic carbocycles. The molecule has 0 saturated carbocycles. The van der Waals surface area contributed by atoms with Crippen molar-refractivity contribution < 1.29 is 9.72 Å². The number of nitrogens with one attached hydrogen (secondary N) is 2. The van der Waals surface area contributed by atoms with Crippen LogP contribution in [0.5, 0.6) is 0 Å². The van der Waals surface area contributed by atoms with E-state index in [1.165, 1.54) is 23.5 Å². The highest BCUT2D eigenvalue weighted by Crippen LogP contribution is 2.25. The minimum Gasteiger partial charge on any atom is -0.349 e. The third-order valence-electron chi connectivity index (χ3n) is 2.90. The molecule has 9 heteroatoms. The summed E-state index contributed by atoms with van der Waals surface area (Å²) in [5, 5.41) is 18.9. The summed E-state index contributed by atoms with van der Waals surface area (Å²) in [4.78, 5) is 26.4. The Balaban J connectivity index is 0.00000264. The number of carbonyl (C=O) groups is 1. The molecule has 0 fully saturated rings. The molecule has 23 heavy (non-hydrogen) atoms. The molecule has 1 aromatic heterocycles. The van der Waals surface area contributed by atoms with E-state index in [0.717, 1.165) is 12.1 Å². The fourth-order valence-electron chi connectivity index (χ4n) is 1.77. The highest BCUT2D eigenvalue weighted by atomic mass is 35.5. The van der Waals surface area contributed by atoms with E-state index in [1.807, 2.05) is 6.92 Å². The maximum atomic E-state index is 11.9. The number of carbonyl (C=O) groups excluding carboxylic acids is 1. The molecule has 1 heterocycles. The summed E-state index contributed by atoms with van der Waals surface area (Å²) in [7, 11) is 0. The summed E-state index contributed by atoms with van der Waals surface area (Å²) in [5.74, 6) is -0.220. The average Bonchev–Trinajstić information content (AvgIpc) is 3.01. The van der Waals surface area contributed by atoms with Crippen molar-refractivity contribution in [3.05, 3.63) is 45.5 Å². The summed E-state index contributed by atoms with van der Waals surface area (Å²) in [5.41, 5.74) is 1.14. The average molecular weight is 357 g/mol. The van der Waals surface area contributed by atoms with Crippen molar-refractivity contribution in [3.63, 3.8) is 0 Å². The first-order valence-electron chi connectivity index (χ1n) is 6.81. The lowest BCUT2D eigenvalue weighted by atomic mass is 10.2. The van der Waals surface area contributed by atoms with Crippen molar-refractivity contribution in [2.75, 3.05) is 19.6 Å². The molecule has 0 radical (unpaired) electrons. The Hall–Kier alpha value is -2.03. The standard InChI is InChI=1S/C14H16N4O3S.ClH/c1-2-15-7-8-16-13(19)12-9-22-14(17-12)10-3-5-11(6-4-10)18(20)21;/h3-6,9,15H,2,7-8H2,1H3,(H,16,19);1H. The third kappa shape index (κ3) is 5.27. The van der Waals surface area contributed by atoms with Gasteiger partial charge in [-0.05, 0) is 18.7 Å². The second kappa shape index (κ2) is 9.19. The first-order valence-corrected chi connectivity index (χ1v) is 7.69. The number of nitrogens with zero attached hydrogens (tertiary/aromatic N) is 2. The van der Waals surface area contributed by atoms with Gasteiger partial charge in [-0.3, -0.25) is 14.9 Å². The smallest absolute Gasteiger partial charge is 0.270 e. The van der Waals surface area contributed by atoms with Crippen molar-refractivity contribution in [2.24, 2.45) is 0 Å². The van der Waals surface area contributed by atoms with E-state index in [-0.39, 0.29) is 24.0 Å². The molecular formula is C14H17ClN4O3S. The summed E-state index contributed by atoms with van der Waals surface area (Å²) < 4.78 is 0. The minimum atomic E-state index is -0.450. The molecule has 0 saturated heterocycles. The number of non-ortho nitro benzene ring substituents is 1. The zero-order valence-corrected chi connectivity index (χ0v) is 14.1. The summed E-state index contributed by atoms with van der Waals surface area (Å²) in [6.07, 6.45) is 0. The number of aromatic nitrogens is 1. The number of nitro benzene ring substituents is 1. The van der Waals surface area contributed by atoms with Gasteiger partial charge >= 0.3 is 0 Å². The van der Waals surface area contributed by atoms with Crippen LogP contribution in [0.3, 0.4) is 0 Å². The fraction of sp³-hybridized carbons (Fsp3) is 0.286. The van der Waals surface area contributed by atoms with Crippen LogP contribution in [0.15, 0.2) is 29.6 Å². The van der Waals surface area contributed by atoms with Crippen molar-refractivity contribution in [2.45, 2.75) is 6.92 Å². The predicted molar refractivity (Wildman–Crippen MR) is 92.3 cm³/mol. The molecule has 0 aliphatic rings. The predicted octanol–water partition coefficient (Wildman–Crippen LogP) is 2.48. The third-order valence-corrected chi connectivity index (χ3v) is 3.79. The van der Waals surface area contributed by atoms with Crippen LogP contribution >= 0.6 is 23.7 Å². The molecule has 0 unspecified atom stereocenters. The lowest BCUT2D eigenvalue weighted by Gasteiger charge is -2.03. The maximum Gasteiger partial charge on any atom is 0.270 e. The van der Waals surface area contributed by atoms with Crippen LogP contribution < -0.4 is 10.6 Å². The molecule has 2 rings (SSSR count). The summed E-state index contributed by atoms with van der Waals surface area (Å²) in [6, 6.07) is 6.10. The number of halogens is 1. The Bertz CT molecular complexity index is 660. The van der Waals surface area contributed by atoms with Crippen LogP contribution in [0.2, 0.25) is 0 Å². The summed E-state index contributed by atoms with van der Waals surface area (Å²) >= 11 is 1.33. The lowest BCUT2D eigenvalue weighted by molar-refractivity contribution is -0.384. The molecule has 0 aliphatic heterocycles. The number of likely N-dealkylation sites (N-methyl/N-ethyl adjacent to an activating group) is 1. The van der Waals surface area contributed by atoms with Crippen LogP contribution in [-0.2, 0) is 0 Å². The quantitative estimate of drug-likeness (QED) is 0.451. The van der Waals surface area contributed by atoms with Crippen LogP contribution in [0.1, 0.15) is 17.4 Å². The largest absolute Gasteiger partial charge is 0.349 e. The van der Waals surface area contributed by atoms with Crippen molar-refractivity contribution in [3.8, 4) is 10.6 Å². The number of thiazole rings is 1. The Morgan fingerprint density at radius 3 is 2.61 bits per heavy atom. The Labute approximate surface area is 143 Å². The second-order valence-corrected chi connectivity index (χ2v) is 5.31. The number of benzene rings is 1.